The lowest BCUT2D eigenvalue weighted by Crippen LogP contribution is -1.92. The van der Waals surface area contributed by atoms with Crippen LogP contribution in [-0.4, -0.2) is 0 Å². The Labute approximate surface area is 240 Å². The molecule has 0 spiro atoms. The molecule has 12 rings (SSSR count). The zero-order valence-electron chi connectivity index (χ0n) is 22.5. The zero-order chi connectivity index (χ0) is 26.8. The third kappa shape index (κ3) is 2.02. The van der Waals surface area contributed by atoms with Gasteiger partial charge in [0, 0.05) is 0 Å². The van der Waals surface area contributed by atoms with Crippen LogP contribution in [0.2, 0.25) is 0 Å². The van der Waals surface area contributed by atoms with Crippen LogP contribution in [0.4, 0.5) is 0 Å². The molecule has 42 heavy (non-hydrogen) atoms. The van der Waals surface area contributed by atoms with Gasteiger partial charge in [-0.1, -0.05) is 121 Å². The number of hydrogen-bond acceptors (Lipinski definition) is 0. The lowest BCUT2D eigenvalue weighted by atomic mass is 9.83. The molecule has 2 aliphatic rings. The molecule has 0 unspecified atom stereocenters. The van der Waals surface area contributed by atoms with Crippen LogP contribution in [-0.2, 0) is 0 Å². The minimum absolute atomic E-state index is 1.36. The van der Waals surface area contributed by atoms with Gasteiger partial charge >= 0.3 is 0 Å². The van der Waals surface area contributed by atoms with Gasteiger partial charge in [-0.3, -0.25) is 0 Å². The topological polar surface area (TPSA) is 0 Å². The van der Waals surface area contributed by atoms with Gasteiger partial charge < -0.3 is 0 Å². The van der Waals surface area contributed by atoms with E-state index in [-0.39, 0.29) is 0 Å². The molecule has 0 nitrogen and oxygen atoms in total. The van der Waals surface area contributed by atoms with Crippen LogP contribution in [0.15, 0.2) is 121 Å². The van der Waals surface area contributed by atoms with E-state index in [0.717, 1.165) is 0 Å². The fourth-order valence-corrected chi connectivity index (χ4v) is 9.09. The lowest BCUT2D eigenvalue weighted by molar-refractivity contribution is 1.70. The first kappa shape index (κ1) is 20.4. The highest BCUT2D eigenvalue weighted by Crippen LogP contribution is 2.55. The van der Waals surface area contributed by atoms with Gasteiger partial charge in [0.15, 0.2) is 0 Å². The minimum atomic E-state index is 1.36. The number of hydrogen-bond donors (Lipinski definition) is 0. The summed E-state index contributed by atoms with van der Waals surface area (Å²) in [6.07, 6.45) is 0. The van der Waals surface area contributed by atoms with Crippen molar-refractivity contribution in [2.45, 2.75) is 0 Å². The van der Waals surface area contributed by atoms with Crippen LogP contribution < -0.4 is 0 Å². The highest BCUT2D eigenvalue weighted by atomic mass is 14.3. The van der Waals surface area contributed by atoms with Crippen LogP contribution in [0.1, 0.15) is 0 Å². The number of rotatable bonds is 0. The first-order valence-electron chi connectivity index (χ1n) is 14.9. The second-order valence-corrected chi connectivity index (χ2v) is 12.3. The molecule has 0 heteroatoms. The molecule has 0 aromatic heterocycles. The molecule has 0 fully saturated rings. The van der Waals surface area contributed by atoms with Gasteiger partial charge in [0.25, 0.3) is 0 Å². The predicted octanol–water partition coefficient (Wildman–Crippen LogP) is 11.9. The van der Waals surface area contributed by atoms with E-state index in [4.69, 9.17) is 0 Å². The smallest absolute Gasteiger partial charge is 0.00139 e. The molecule has 0 atom stereocenters. The Morgan fingerprint density at radius 3 is 0.643 bits per heavy atom. The average Bonchev–Trinajstić information content (AvgIpc) is 3.56. The van der Waals surface area contributed by atoms with E-state index in [0.29, 0.717) is 0 Å². The largest absolute Gasteiger partial charge is 0.0616 e. The zero-order valence-corrected chi connectivity index (χ0v) is 22.5. The van der Waals surface area contributed by atoms with Gasteiger partial charge in [-0.05, 0) is 120 Å². The number of fused-ring (bicyclic) bond motifs is 10. The molecule has 10 aromatic carbocycles. The molecule has 0 saturated heterocycles. The Bertz CT molecular complexity index is 2500. The van der Waals surface area contributed by atoms with Crippen molar-refractivity contribution in [1.82, 2.24) is 0 Å². The van der Waals surface area contributed by atoms with Gasteiger partial charge in [-0.2, -0.15) is 0 Å². The lowest BCUT2D eigenvalue weighted by Gasteiger charge is -2.20. The molecular formula is C42H20. The van der Waals surface area contributed by atoms with Crippen LogP contribution in [0.25, 0.3) is 120 Å². The van der Waals surface area contributed by atoms with Crippen LogP contribution in [0, 0.1) is 0 Å². The minimum Gasteiger partial charge on any atom is -0.0616 e. The van der Waals surface area contributed by atoms with Gasteiger partial charge in [0.1, 0.15) is 0 Å². The summed E-state index contributed by atoms with van der Waals surface area (Å²) in [4.78, 5) is 0. The first-order chi connectivity index (χ1) is 20.9. The fourth-order valence-electron chi connectivity index (χ4n) is 9.09. The maximum atomic E-state index is 2.41. The maximum Gasteiger partial charge on any atom is -0.00139 e. The van der Waals surface area contributed by atoms with Gasteiger partial charge in [-0.25, -0.2) is 0 Å². The van der Waals surface area contributed by atoms with E-state index in [2.05, 4.69) is 121 Å². The third-order valence-corrected chi connectivity index (χ3v) is 10.7. The highest BCUT2D eigenvalue weighted by molar-refractivity contribution is 6.44. The summed E-state index contributed by atoms with van der Waals surface area (Å²) in [6, 6.07) is 46.4. The van der Waals surface area contributed by atoms with Crippen molar-refractivity contribution in [2.75, 3.05) is 0 Å². The maximum absolute atomic E-state index is 2.41. The van der Waals surface area contributed by atoms with Crippen molar-refractivity contribution in [3.05, 3.63) is 121 Å². The summed E-state index contributed by atoms with van der Waals surface area (Å²) >= 11 is 0. The van der Waals surface area contributed by atoms with E-state index in [1.54, 1.807) is 0 Å². The predicted molar refractivity (Wildman–Crippen MR) is 180 cm³/mol. The summed E-state index contributed by atoms with van der Waals surface area (Å²) in [5, 5.41) is 19.4. The van der Waals surface area contributed by atoms with Gasteiger partial charge in [-0.15, -0.1) is 0 Å². The van der Waals surface area contributed by atoms with Crippen molar-refractivity contribution in [2.24, 2.45) is 0 Å². The Morgan fingerprint density at radius 2 is 0.381 bits per heavy atom. The molecule has 188 valence electrons. The molecule has 10 aromatic rings. The Morgan fingerprint density at radius 1 is 0.167 bits per heavy atom. The fraction of sp³-hybridized carbons (Fsp3) is 0. The molecule has 0 amide bonds. The molecule has 2 aliphatic carbocycles. The summed E-state index contributed by atoms with van der Waals surface area (Å²) in [7, 11) is 0. The van der Waals surface area contributed by atoms with Crippen LogP contribution in [0.3, 0.4) is 0 Å². The molecule has 0 N–H and O–H groups in total. The van der Waals surface area contributed by atoms with Crippen LogP contribution in [0.5, 0.6) is 0 Å². The third-order valence-electron chi connectivity index (χ3n) is 10.7. The molecular weight excluding hydrogens is 504 g/mol. The van der Waals surface area contributed by atoms with E-state index >= 15 is 0 Å². The highest BCUT2D eigenvalue weighted by Gasteiger charge is 2.27. The van der Waals surface area contributed by atoms with Crippen molar-refractivity contribution < 1.29 is 0 Å². The quantitative estimate of drug-likeness (QED) is 0.137. The normalized spacial score (nSPS) is 13.2. The van der Waals surface area contributed by atoms with Crippen molar-refractivity contribution in [1.29, 1.82) is 0 Å². The summed E-state index contributed by atoms with van der Waals surface area (Å²) in [5.74, 6) is 0. The second kappa shape index (κ2) is 6.54. The van der Waals surface area contributed by atoms with E-state index < -0.39 is 0 Å². The van der Waals surface area contributed by atoms with Crippen LogP contribution >= 0.6 is 0 Å². The molecule has 0 bridgehead atoms. The van der Waals surface area contributed by atoms with Gasteiger partial charge in [0.05, 0.1) is 0 Å². The van der Waals surface area contributed by atoms with Crippen molar-refractivity contribution in [3.63, 3.8) is 0 Å². The Hall–Kier alpha value is -5.46. The van der Waals surface area contributed by atoms with E-state index in [1.807, 2.05) is 0 Å². The number of benzene rings is 10. The first-order valence-corrected chi connectivity index (χ1v) is 14.9. The van der Waals surface area contributed by atoms with E-state index in [9.17, 15) is 0 Å². The SMILES string of the molecule is c1ccc2c(c1)-c1ccc3c4ccc5c6ccc7c8c(ccc(c9ccc(c%10ccc-2c1c3%10)c4c59)c86)-c1ccccc1-7. The summed E-state index contributed by atoms with van der Waals surface area (Å²) in [6.45, 7) is 0. The average molecular weight is 525 g/mol. The second-order valence-electron chi connectivity index (χ2n) is 12.3. The van der Waals surface area contributed by atoms with E-state index in [1.165, 1.54) is 120 Å². The van der Waals surface area contributed by atoms with Crippen molar-refractivity contribution in [3.8, 4) is 44.5 Å². The molecule has 0 radical (unpaired) electrons. The molecule has 0 heterocycles. The summed E-state index contributed by atoms with van der Waals surface area (Å²) < 4.78 is 0. The summed E-state index contributed by atoms with van der Waals surface area (Å²) in [5.41, 5.74) is 10.9. The molecule has 0 aliphatic heterocycles. The standard InChI is InChI=1S/C42H20/c1-2-6-22-21(5-1)25-9-13-29-33-17-19-35-31-15-11-27-23-7-3-4-8-24(23)28-12-16-32(40(31)38(27)28)36-20-18-34(41(33)42(35)36)30-14-10-26(22)37(25)39(29)30/h1-20H. The monoisotopic (exact) mass is 524 g/mol. The Kier molecular flexibility index (Phi) is 3.18. The Balaban J connectivity index is 1.30. The van der Waals surface area contributed by atoms with Gasteiger partial charge in [0.2, 0.25) is 0 Å². The van der Waals surface area contributed by atoms with Crippen molar-refractivity contribution >= 4 is 75.4 Å². The molecule has 0 saturated carbocycles.